The fourth-order valence-corrected chi connectivity index (χ4v) is 1.62. The van der Waals surface area contributed by atoms with Crippen molar-refractivity contribution >= 4 is 6.08 Å². The summed E-state index contributed by atoms with van der Waals surface area (Å²) in [5, 5.41) is 9.18. The highest BCUT2D eigenvalue weighted by molar-refractivity contribution is 5.47. The number of phenolic OH excluding ortho intramolecular Hbond substituents is 1. The van der Waals surface area contributed by atoms with E-state index in [0.717, 1.165) is 12.0 Å². The first-order chi connectivity index (χ1) is 7.78. The topological polar surface area (TPSA) is 20.2 Å². The maximum absolute atomic E-state index is 9.18. The highest BCUT2D eigenvalue weighted by Crippen LogP contribution is 2.14. The van der Waals surface area contributed by atoms with Gasteiger partial charge in [-0.15, -0.1) is 0 Å². The Kier molecular flexibility index (Phi) is 3.06. The lowest BCUT2D eigenvalue weighted by Gasteiger charge is -2.02. The standard InChI is InChI=1S/C15H14O/c1-2-12-3-5-13(6-4-12)11-14-7-9-15(16)10-8-14/h2-10,16H,1,11H2. The van der Waals surface area contributed by atoms with Crippen LogP contribution in [0.25, 0.3) is 6.08 Å². The lowest BCUT2D eigenvalue weighted by molar-refractivity contribution is 0.475. The average molecular weight is 210 g/mol. The van der Waals surface area contributed by atoms with Crippen molar-refractivity contribution in [2.24, 2.45) is 0 Å². The molecule has 2 aromatic rings. The van der Waals surface area contributed by atoms with Crippen LogP contribution in [0.3, 0.4) is 0 Å². The number of rotatable bonds is 3. The molecule has 1 N–H and O–H groups in total. The van der Waals surface area contributed by atoms with E-state index in [0.29, 0.717) is 5.75 Å². The third kappa shape index (κ3) is 2.51. The van der Waals surface area contributed by atoms with Crippen molar-refractivity contribution in [3.05, 3.63) is 71.8 Å². The molecule has 2 rings (SSSR count). The van der Waals surface area contributed by atoms with Gasteiger partial charge in [0.1, 0.15) is 5.75 Å². The molecule has 1 heteroatoms. The van der Waals surface area contributed by atoms with Crippen molar-refractivity contribution < 1.29 is 5.11 Å². The quantitative estimate of drug-likeness (QED) is 0.820. The van der Waals surface area contributed by atoms with Gasteiger partial charge in [-0.2, -0.15) is 0 Å². The summed E-state index contributed by atoms with van der Waals surface area (Å²) in [4.78, 5) is 0. The molecule has 0 aliphatic rings. The van der Waals surface area contributed by atoms with Gasteiger partial charge in [-0.25, -0.2) is 0 Å². The first kappa shape index (κ1) is 10.5. The Hall–Kier alpha value is -2.02. The van der Waals surface area contributed by atoms with Gasteiger partial charge in [-0.1, -0.05) is 49.1 Å². The van der Waals surface area contributed by atoms with Crippen LogP contribution in [0.5, 0.6) is 5.75 Å². The van der Waals surface area contributed by atoms with Crippen molar-refractivity contribution in [3.63, 3.8) is 0 Å². The molecule has 0 aliphatic carbocycles. The second kappa shape index (κ2) is 4.67. The van der Waals surface area contributed by atoms with Crippen molar-refractivity contribution in [2.75, 3.05) is 0 Å². The van der Waals surface area contributed by atoms with Gasteiger partial charge in [0.25, 0.3) is 0 Å². The molecule has 0 spiro atoms. The van der Waals surface area contributed by atoms with E-state index in [-0.39, 0.29) is 0 Å². The fraction of sp³-hybridized carbons (Fsp3) is 0.0667. The molecule has 0 saturated carbocycles. The Balaban J connectivity index is 2.14. The molecule has 1 nitrogen and oxygen atoms in total. The molecule has 0 aromatic heterocycles. The number of hydrogen-bond donors (Lipinski definition) is 1. The van der Waals surface area contributed by atoms with Gasteiger partial charge in [0.2, 0.25) is 0 Å². The van der Waals surface area contributed by atoms with Crippen LogP contribution in [-0.4, -0.2) is 5.11 Å². The summed E-state index contributed by atoms with van der Waals surface area (Å²) in [5.41, 5.74) is 3.59. The van der Waals surface area contributed by atoms with Crippen LogP contribution in [-0.2, 0) is 6.42 Å². The van der Waals surface area contributed by atoms with Gasteiger partial charge in [-0.05, 0) is 35.2 Å². The Morgan fingerprint density at radius 2 is 1.38 bits per heavy atom. The van der Waals surface area contributed by atoms with Gasteiger partial charge < -0.3 is 5.11 Å². The molecule has 0 atom stereocenters. The normalized spacial score (nSPS) is 10.0. The Labute approximate surface area is 95.7 Å². The van der Waals surface area contributed by atoms with Crippen LogP contribution in [0.2, 0.25) is 0 Å². The van der Waals surface area contributed by atoms with Crippen molar-refractivity contribution in [1.82, 2.24) is 0 Å². The fourth-order valence-electron chi connectivity index (χ4n) is 1.62. The minimum atomic E-state index is 0.311. The molecule has 0 heterocycles. The smallest absolute Gasteiger partial charge is 0.115 e. The van der Waals surface area contributed by atoms with Crippen LogP contribution in [0, 0.1) is 0 Å². The van der Waals surface area contributed by atoms with E-state index in [9.17, 15) is 5.11 Å². The van der Waals surface area contributed by atoms with Crippen LogP contribution < -0.4 is 0 Å². The predicted molar refractivity (Wildman–Crippen MR) is 67.4 cm³/mol. The molecule has 2 aromatic carbocycles. The van der Waals surface area contributed by atoms with E-state index in [2.05, 4.69) is 30.8 Å². The third-order valence-corrected chi connectivity index (χ3v) is 2.56. The zero-order valence-corrected chi connectivity index (χ0v) is 9.06. The zero-order chi connectivity index (χ0) is 11.4. The number of hydrogen-bond acceptors (Lipinski definition) is 1. The van der Waals surface area contributed by atoms with E-state index < -0.39 is 0 Å². The van der Waals surface area contributed by atoms with E-state index in [1.165, 1.54) is 11.1 Å². The monoisotopic (exact) mass is 210 g/mol. The van der Waals surface area contributed by atoms with Crippen LogP contribution in [0.4, 0.5) is 0 Å². The first-order valence-electron chi connectivity index (χ1n) is 5.27. The van der Waals surface area contributed by atoms with Gasteiger partial charge in [0.15, 0.2) is 0 Å². The lowest BCUT2D eigenvalue weighted by Crippen LogP contribution is -1.87. The Morgan fingerprint density at radius 1 is 0.875 bits per heavy atom. The number of phenols is 1. The van der Waals surface area contributed by atoms with Gasteiger partial charge >= 0.3 is 0 Å². The number of aromatic hydroxyl groups is 1. The summed E-state index contributed by atoms with van der Waals surface area (Å²) in [7, 11) is 0. The van der Waals surface area contributed by atoms with Crippen LogP contribution >= 0.6 is 0 Å². The third-order valence-electron chi connectivity index (χ3n) is 2.56. The molecule has 0 fully saturated rings. The molecule has 16 heavy (non-hydrogen) atoms. The maximum atomic E-state index is 9.18. The van der Waals surface area contributed by atoms with Crippen LogP contribution in [0.15, 0.2) is 55.1 Å². The van der Waals surface area contributed by atoms with Crippen molar-refractivity contribution in [1.29, 1.82) is 0 Å². The van der Waals surface area contributed by atoms with Crippen molar-refractivity contribution in [2.45, 2.75) is 6.42 Å². The summed E-state index contributed by atoms with van der Waals surface area (Å²) in [6, 6.07) is 15.6. The van der Waals surface area contributed by atoms with E-state index in [1.54, 1.807) is 12.1 Å². The maximum Gasteiger partial charge on any atom is 0.115 e. The minimum absolute atomic E-state index is 0.311. The molecular weight excluding hydrogens is 196 g/mol. The SMILES string of the molecule is C=Cc1ccc(Cc2ccc(O)cc2)cc1. The highest BCUT2D eigenvalue weighted by Gasteiger charge is 1.96. The van der Waals surface area contributed by atoms with E-state index in [1.807, 2.05) is 18.2 Å². The van der Waals surface area contributed by atoms with Gasteiger partial charge in [0, 0.05) is 0 Å². The first-order valence-corrected chi connectivity index (χ1v) is 5.27. The zero-order valence-electron chi connectivity index (χ0n) is 9.06. The van der Waals surface area contributed by atoms with Crippen molar-refractivity contribution in [3.8, 4) is 5.75 Å². The Morgan fingerprint density at radius 3 is 1.88 bits per heavy atom. The molecule has 80 valence electrons. The molecule has 0 amide bonds. The summed E-state index contributed by atoms with van der Waals surface area (Å²) in [6.07, 6.45) is 2.72. The molecule has 0 unspecified atom stereocenters. The average Bonchev–Trinajstić information content (AvgIpc) is 2.33. The minimum Gasteiger partial charge on any atom is -0.508 e. The molecule has 0 saturated heterocycles. The van der Waals surface area contributed by atoms with E-state index in [4.69, 9.17) is 0 Å². The molecule has 0 bridgehead atoms. The predicted octanol–water partition coefficient (Wildman–Crippen LogP) is 3.63. The van der Waals surface area contributed by atoms with E-state index >= 15 is 0 Å². The largest absolute Gasteiger partial charge is 0.508 e. The van der Waals surface area contributed by atoms with Gasteiger partial charge in [-0.3, -0.25) is 0 Å². The highest BCUT2D eigenvalue weighted by atomic mass is 16.3. The lowest BCUT2D eigenvalue weighted by atomic mass is 10.0. The summed E-state index contributed by atoms with van der Waals surface area (Å²) < 4.78 is 0. The summed E-state index contributed by atoms with van der Waals surface area (Å²) in [5.74, 6) is 0.311. The van der Waals surface area contributed by atoms with Crippen LogP contribution in [0.1, 0.15) is 16.7 Å². The summed E-state index contributed by atoms with van der Waals surface area (Å²) >= 11 is 0. The molecule has 0 aliphatic heterocycles. The summed E-state index contributed by atoms with van der Waals surface area (Å²) in [6.45, 7) is 3.73. The Bertz CT molecular complexity index is 466. The second-order valence-corrected chi connectivity index (χ2v) is 3.79. The second-order valence-electron chi connectivity index (χ2n) is 3.79. The van der Waals surface area contributed by atoms with Gasteiger partial charge in [0.05, 0.1) is 0 Å². The molecular formula is C15H14O. The molecule has 0 radical (unpaired) electrons. The number of benzene rings is 2.